The van der Waals surface area contributed by atoms with E-state index in [1.807, 2.05) is 24.3 Å². The number of carbonyl (C=O) groups is 1. The van der Waals surface area contributed by atoms with Gasteiger partial charge in [0.05, 0.1) is 13.7 Å². The molecule has 1 aliphatic rings. The normalized spacial score (nSPS) is 18.1. The molecule has 1 aromatic heterocycles. The number of hydrogen-bond acceptors (Lipinski definition) is 7. The number of ether oxygens (including phenoxy) is 2. The van der Waals surface area contributed by atoms with E-state index in [1.165, 1.54) is 11.8 Å². The first-order valence-corrected chi connectivity index (χ1v) is 6.92. The molecule has 8 heteroatoms. The van der Waals surface area contributed by atoms with Crippen molar-refractivity contribution in [3.63, 3.8) is 0 Å². The second-order valence-electron chi connectivity index (χ2n) is 4.11. The van der Waals surface area contributed by atoms with Gasteiger partial charge in [-0.25, -0.2) is 0 Å². The topological polar surface area (TPSA) is 79.1 Å². The van der Waals surface area contributed by atoms with Gasteiger partial charge in [-0.05, 0) is 22.6 Å². The van der Waals surface area contributed by atoms with Gasteiger partial charge < -0.3 is 9.47 Å². The first-order valence-electron chi connectivity index (χ1n) is 6.04. The maximum Gasteiger partial charge on any atom is 0.319 e. The first-order chi connectivity index (χ1) is 9.79. The molecule has 0 aliphatic carbocycles. The average Bonchev–Trinajstić information content (AvgIpc) is 3.09. The Kier molecular flexibility index (Phi) is 3.55. The lowest BCUT2D eigenvalue weighted by molar-refractivity contribution is -0.137. The molecule has 0 saturated carbocycles. The van der Waals surface area contributed by atoms with Crippen molar-refractivity contribution in [3.8, 4) is 11.4 Å². The van der Waals surface area contributed by atoms with Gasteiger partial charge in [0.15, 0.2) is 0 Å². The second-order valence-corrected chi connectivity index (χ2v) is 5.28. The van der Waals surface area contributed by atoms with Crippen LogP contribution in [0.4, 0.5) is 0 Å². The van der Waals surface area contributed by atoms with Crippen molar-refractivity contribution in [2.75, 3.05) is 13.7 Å². The van der Waals surface area contributed by atoms with Crippen LogP contribution in [0.15, 0.2) is 29.4 Å². The van der Waals surface area contributed by atoms with E-state index in [1.54, 1.807) is 11.8 Å². The fraction of sp³-hybridized carbons (Fsp3) is 0.333. The van der Waals surface area contributed by atoms with Crippen molar-refractivity contribution in [2.24, 2.45) is 0 Å². The van der Waals surface area contributed by atoms with Gasteiger partial charge in [0, 0.05) is 6.42 Å². The number of nitrogens with zero attached hydrogens (tertiary/aromatic N) is 4. The van der Waals surface area contributed by atoms with Crippen LogP contribution >= 0.6 is 11.8 Å². The Labute approximate surface area is 119 Å². The molecule has 3 rings (SSSR count). The minimum absolute atomic E-state index is 0.218. The van der Waals surface area contributed by atoms with E-state index in [9.17, 15) is 4.79 Å². The summed E-state index contributed by atoms with van der Waals surface area (Å²) in [4.78, 5) is 11.5. The molecule has 104 valence electrons. The number of para-hydroxylation sites is 2. The number of aromatic nitrogens is 4. The maximum absolute atomic E-state index is 11.5. The van der Waals surface area contributed by atoms with Gasteiger partial charge in [0.25, 0.3) is 0 Å². The molecule has 0 amide bonds. The molecule has 1 aliphatic heterocycles. The highest BCUT2D eigenvalue weighted by atomic mass is 32.2. The minimum Gasteiger partial charge on any atom is -0.494 e. The third-order valence-corrected chi connectivity index (χ3v) is 4.07. The minimum atomic E-state index is -0.255. The van der Waals surface area contributed by atoms with Gasteiger partial charge in [-0.15, -0.1) is 5.10 Å². The van der Waals surface area contributed by atoms with Crippen LogP contribution in [-0.4, -0.2) is 45.1 Å². The predicted octanol–water partition coefficient (Wildman–Crippen LogP) is 1.08. The molecular formula is C12H12N4O3S. The van der Waals surface area contributed by atoms with Gasteiger partial charge in [0.1, 0.15) is 16.7 Å². The lowest BCUT2D eigenvalue weighted by atomic mass is 10.3. The van der Waals surface area contributed by atoms with E-state index in [0.29, 0.717) is 23.9 Å². The summed E-state index contributed by atoms with van der Waals surface area (Å²) >= 11 is 1.30. The smallest absolute Gasteiger partial charge is 0.319 e. The Bertz CT molecular complexity index is 631. The number of cyclic esters (lactones) is 1. The van der Waals surface area contributed by atoms with Crippen LogP contribution in [0.3, 0.4) is 0 Å². The molecule has 7 nitrogen and oxygen atoms in total. The monoisotopic (exact) mass is 292 g/mol. The van der Waals surface area contributed by atoms with Crippen LogP contribution in [0, 0.1) is 0 Å². The molecular weight excluding hydrogens is 280 g/mol. The van der Waals surface area contributed by atoms with E-state index in [-0.39, 0.29) is 11.2 Å². The van der Waals surface area contributed by atoms with E-state index in [0.717, 1.165) is 5.69 Å². The Balaban J connectivity index is 1.91. The summed E-state index contributed by atoms with van der Waals surface area (Å²) in [5.41, 5.74) is 0.730. The van der Waals surface area contributed by atoms with E-state index < -0.39 is 0 Å². The summed E-state index contributed by atoms with van der Waals surface area (Å²) in [5, 5.41) is 11.9. The molecule has 0 spiro atoms. The van der Waals surface area contributed by atoms with Gasteiger partial charge in [-0.1, -0.05) is 23.9 Å². The van der Waals surface area contributed by atoms with Gasteiger partial charge >= 0.3 is 5.97 Å². The largest absolute Gasteiger partial charge is 0.494 e. The van der Waals surface area contributed by atoms with Gasteiger partial charge in [-0.2, -0.15) is 4.68 Å². The number of methoxy groups -OCH3 is 1. The third kappa shape index (κ3) is 2.34. The van der Waals surface area contributed by atoms with Crippen LogP contribution in [-0.2, 0) is 9.53 Å². The number of esters is 1. The number of rotatable bonds is 4. The summed E-state index contributed by atoms with van der Waals surface area (Å²) in [6.07, 6.45) is 0.669. The Hall–Kier alpha value is -2.09. The van der Waals surface area contributed by atoms with Crippen molar-refractivity contribution in [3.05, 3.63) is 24.3 Å². The van der Waals surface area contributed by atoms with Crippen molar-refractivity contribution in [1.29, 1.82) is 0 Å². The molecule has 1 atom stereocenters. The lowest BCUT2D eigenvalue weighted by Gasteiger charge is -2.09. The van der Waals surface area contributed by atoms with Gasteiger partial charge in [0.2, 0.25) is 5.16 Å². The Morgan fingerprint density at radius 1 is 1.45 bits per heavy atom. The SMILES string of the molecule is COc1ccccc1-n1nnnc1SC1CCOC1=O. The molecule has 1 fully saturated rings. The zero-order valence-corrected chi connectivity index (χ0v) is 11.5. The number of hydrogen-bond donors (Lipinski definition) is 0. The van der Waals surface area contributed by atoms with Crippen LogP contribution in [0.5, 0.6) is 5.75 Å². The van der Waals surface area contributed by atoms with Crippen LogP contribution in [0.1, 0.15) is 6.42 Å². The number of carbonyl (C=O) groups excluding carboxylic acids is 1. The van der Waals surface area contributed by atoms with Crippen molar-refractivity contribution in [1.82, 2.24) is 20.2 Å². The van der Waals surface area contributed by atoms with Crippen molar-refractivity contribution in [2.45, 2.75) is 16.8 Å². The van der Waals surface area contributed by atoms with Crippen molar-refractivity contribution < 1.29 is 14.3 Å². The molecule has 1 unspecified atom stereocenters. The highest BCUT2D eigenvalue weighted by Crippen LogP contribution is 2.31. The average molecular weight is 292 g/mol. The Morgan fingerprint density at radius 3 is 3.05 bits per heavy atom. The van der Waals surface area contributed by atoms with Crippen LogP contribution < -0.4 is 4.74 Å². The number of tetrazole rings is 1. The standard InChI is InChI=1S/C12H12N4O3S/c1-18-9-5-3-2-4-8(9)16-12(13-14-15-16)20-10-6-7-19-11(10)17/h2-5,10H,6-7H2,1H3. The molecule has 0 bridgehead atoms. The summed E-state index contributed by atoms with van der Waals surface area (Å²) in [6, 6.07) is 7.42. The summed E-state index contributed by atoms with van der Waals surface area (Å²) in [5.74, 6) is 0.445. The highest BCUT2D eigenvalue weighted by molar-refractivity contribution is 8.00. The third-order valence-electron chi connectivity index (χ3n) is 2.89. The van der Waals surface area contributed by atoms with Crippen LogP contribution in [0.25, 0.3) is 5.69 Å². The molecule has 2 heterocycles. The molecule has 1 saturated heterocycles. The lowest BCUT2D eigenvalue weighted by Crippen LogP contribution is -2.11. The quantitative estimate of drug-likeness (QED) is 0.780. The molecule has 1 aromatic carbocycles. The predicted molar refractivity (Wildman–Crippen MR) is 70.9 cm³/mol. The number of thioether (sulfide) groups is 1. The van der Waals surface area contributed by atoms with Gasteiger partial charge in [-0.3, -0.25) is 4.79 Å². The molecule has 20 heavy (non-hydrogen) atoms. The first kappa shape index (κ1) is 12.9. The second kappa shape index (κ2) is 5.49. The fourth-order valence-corrected chi connectivity index (χ4v) is 2.87. The number of benzene rings is 1. The van der Waals surface area contributed by atoms with E-state index >= 15 is 0 Å². The maximum atomic E-state index is 11.5. The molecule has 0 N–H and O–H groups in total. The van der Waals surface area contributed by atoms with E-state index in [2.05, 4.69) is 15.5 Å². The molecule has 2 aromatic rings. The van der Waals surface area contributed by atoms with Crippen molar-refractivity contribution >= 4 is 17.7 Å². The zero-order chi connectivity index (χ0) is 13.9. The molecule has 0 radical (unpaired) electrons. The van der Waals surface area contributed by atoms with E-state index in [4.69, 9.17) is 9.47 Å². The fourth-order valence-electron chi connectivity index (χ4n) is 1.92. The highest BCUT2D eigenvalue weighted by Gasteiger charge is 2.30. The zero-order valence-electron chi connectivity index (χ0n) is 10.7. The van der Waals surface area contributed by atoms with Crippen LogP contribution in [0.2, 0.25) is 0 Å². The Morgan fingerprint density at radius 2 is 2.30 bits per heavy atom. The summed E-state index contributed by atoms with van der Waals surface area (Å²) < 4.78 is 11.8. The summed E-state index contributed by atoms with van der Waals surface area (Å²) in [6.45, 7) is 0.451. The summed E-state index contributed by atoms with van der Waals surface area (Å²) in [7, 11) is 1.59.